The minimum Gasteiger partial charge on any atom is -0.493 e. The molecule has 0 aliphatic rings. The fourth-order valence-electron chi connectivity index (χ4n) is 3.24. The number of H-pyrrole nitrogens is 1. The first-order chi connectivity index (χ1) is 16.0. The summed E-state index contributed by atoms with van der Waals surface area (Å²) in [5.41, 5.74) is 3.94. The Morgan fingerprint density at radius 1 is 1.03 bits per heavy atom. The van der Waals surface area contributed by atoms with Gasteiger partial charge in [-0.25, -0.2) is 5.10 Å². The number of nitrogens with zero attached hydrogens (tertiary/aromatic N) is 4. The molecule has 0 fully saturated rings. The molecule has 0 saturated heterocycles. The van der Waals surface area contributed by atoms with Gasteiger partial charge in [0.15, 0.2) is 17.3 Å². The standard InChI is InChI=1S/C25H25N5O2S/c1-29(2)21-12-10-20(11-13-21)24-27-28-25(33)30(24)26-16-19-9-14-22(23(15-19)31-3)32-17-18-7-5-4-6-8-18/h4-16H,17H2,1-3H3,(H,28,33)/b26-16+. The van der Waals surface area contributed by atoms with Crippen molar-refractivity contribution in [2.45, 2.75) is 6.61 Å². The van der Waals surface area contributed by atoms with E-state index in [9.17, 15) is 0 Å². The molecule has 1 aromatic heterocycles. The van der Waals surface area contributed by atoms with Gasteiger partial charge in [0.05, 0.1) is 13.3 Å². The summed E-state index contributed by atoms with van der Waals surface area (Å²) in [7, 11) is 5.62. The smallest absolute Gasteiger partial charge is 0.216 e. The lowest BCUT2D eigenvalue weighted by atomic mass is 10.2. The predicted octanol–water partition coefficient (Wildman–Crippen LogP) is 5.14. The van der Waals surface area contributed by atoms with Crippen molar-refractivity contribution in [1.82, 2.24) is 14.9 Å². The molecule has 4 aromatic rings. The molecule has 0 aliphatic carbocycles. The Bertz CT molecular complexity index is 1290. The van der Waals surface area contributed by atoms with Crippen LogP contribution in [0.15, 0.2) is 77.9 Å². The Labute approximate surface area is 197 Å². The highest BCUT2D eigenvalue weighted by Gasteiger charge is 2.09. The van der Waals surface area contributed by atoms with Crippen LogP contribution in [0.25, 0.3) is 11.4 Å². The van der Waals surface area contributed by atoms with Crippen molar-refractivity contribution < 1.29 is 9.47 Å². The number of anilines is 1. The van der Waals surface area contributed by atoms with Gasteiger partial charge >= 0.3 is 0 Å². The minimum absolute atomic E-state index is 0.410. The van der Waals surface area contributed by atoms with Gasteiger partial charge in [-0.05, 0) is 65.8 Å². The van der Waals surface area contributed by atoms with Crippen LogP contribution in [-0.2, 0) is 6.61 Å². The average molecular weight is 460 g/mol. The molecule has 8 heteroatoms. The van der Waals surface area contributed by atoms with E-state index in [0.29, 0.717) is 28.7 Å². The zero-order chi connectivity index (χ0) is 23.2. The van der Waals surface area contributed by atoms with E-state index in [0.717, 1.165) is 22.4 Å². The summed E-state index contributed by atoms with van der Waals surface area (Å²) < 4.78 is 13.5. The van der Waals surface area contributed by atoms with Crippen molar-refractivity contribution >= 4 is 24.1 Å². The van der Waals surface area contributed by atoms with E-state index in [-0.39, 0.29) is 0 Å². The predicted molar refractivity (Wildman–Crippen MR) is 134 cm³/mol. The number of ether oxygens (including phenoxy) is 2. The Morgan fingerprint density at radius 3 is 2.48 bits per heavy atom. The second-order valence-corrected chi connectivity index (χ2v) is 7.92. The molecule has 1 N–H and O–H groups in total. The highest BCUT2D eigenvalue weighted by molar-refractivity contribution is 7.71. The van der Waals surface area contributed by atoms with Crippen molar-refractivity contribution in [2.24, 2.45) is 5.10 Å². The fraction of sp³-hybridized carbons (Fsp3) is 0.160. The fourth-order valence-corrected chi connectivity index (χ4v) is 3.42. The maximum absolute atomic E-state index is 5.93. The van der Waals surface area contributed by atoms with E-state index < -0.39 is 0 Å². The molecular formula is C25H25N5O2S. The second-order valence-electron chi connectivity index (χ2n) is 7.53. The summed E-state index contributed by atoms with van der Waals surface area (Å²) in [6.07, 6.45) is 1.71. The molecule has 3 aromatic carbocycles. The maximum atomic E-state index is 5.93. The van der Waals surface area contributed by atoms with Gasteiger partial charge in [0.25, 0.3) is 0 Å². The lowest BCUT2D eigenvalue weighted by Gasteiger charge is -2.12. The summed E-state index contributed by atoms with van der Waals surface area (Å²) in [4.78, 5) is 2.04. The van der Waals surface area contributed by atoms with Crippen molar-refractivity contribution in [3.05, 3.63) is 88.7 Å². The lowest BCUT2D eigenvalue weighted by molar-refractivity contribution is 0.284. The first-order valence-corrected chi connectivity index (χ1v) is 10.8. The lowest BCUT2D eigenvalue weighted by Crippen LogP contribution is -2.08. The summed E-state index contributed by atoms with van der Waals surface area (Å²) in [5, 5.41) is 11.7. The molecule has 1 heterocycles. The summed E-state index contributed by atoms with van der Waals surface area (Å²) in [6.45, 7) is 0.463. The van der Waals surface area contributed by atoms with Crippen LogP contribution in [0.3, 0.4) is 0 Å². The number of hydrogen-bond acceptors (Lipinski definition) is 6. The van der Waals surface area contributed by atoms with Gasteiger partial charge < -0.3 is 14.4 Å². The summed E-state index contributed by atoms with van der Waals surface area (Å²) in [5.74, 6) is 1.93. The first kappa shape index (κ1) is 22.3. The number of aromatic nitrogens is 3. The molecule has 0 unspecified atom stereocenters. The molecule has 0 spiro atoms. The Hall–Kier alpha value is -3.91. The van der Waals surface area contributed by atoms with Crippen molar-refractivity contribution in [1.29, 1.82) is 0 Å². The van der Waals surface area contributed by atoms with Gasteiger partial charge in [-0.15, -0.1) is 0 Å². The van der Waals surface area contributed by atoms with Crippen LogP contribution >= 0.6 is 12.2 Å². The second kappa shape index (κ2) is 10.1. The van der Waals surface area contributed by atoms with Crippen LogP contribution in [0.4, 0.5) is 5.69 Å². The summed E-state index contributed by atoms with van der Waals surface area (Å²) in [6, 6.07) is 23.7. The maximum Gasteiger partial charge on any atom is 0.216 e. The SMILES string of the molecule is COc1cc(/C=N/n2c(-c3ccc(N(C)C)cc3)n[nH]c2=S)ccc1OCc1ccccc1. The van der Waals surface area contributed by atoms with Crippen LogP contribution in [0, 0.1) is 4.77 Å². The number of benzene rings is 3. The topological polar surface area (TPSA) is 67.7 Å². The van der Waals surface area contributed by atoms with Gasteiger partial charge in [-0.3, -0.25) is 0 Å². The highest BCUT2D eigenvalue weighted by Crippen LogP contribution is 2.28. The van der Waals surface area contributed by atoms with E-state index in [1.165, 1.54) is 0 Å². The van der Waals surface area contributed by atoms with E-state index in [1.807, 2.05) is 91.8 Å². The molecule has 33 heavy (non-hydrogen) atoms. The van der Waals surface area contributed by atoms with Gasteiger partial charge in [-0.1, -0.05) is 30.3 Å². The number of rotatable bonds is 8. The third-order valence-electron chi connectivity index (χ3n) is 5.04. The zero-order valence-electron chi connectivity index (χ0n) is 18.7. The molecule has 168 valence electrons. The molecule has 0 aliphatic heterocycles. The minimum atomic E-state index is 0.410. The van der Waals surface area contributed by atoms with E-state index in [4.69, 9.17) is 21.7 Å². The van der Waals surface area contributed by atoms with Crippen LogP contribution in [0.1, 0.15) is 11.1 Å². The highest BCUT2D eigenvalue weighted by atomic mass is 32.1. The van der Waals surface area contributed by atoms with Gasteiger partial charge in [0.1, 0.15) is 6.61 Å². The Balaban J connectivity index is 1.54. The Kier molecular flexibility index (Phi) is 6.85. The number of hydrogen-bond donors (Lipinski definition) is 1. The molecule has 4 rings (SSSR count). The van der Waals surface area contributed by atoms with Crippen molar-refractivity contribution in [2.75, 3.05) is 26.1 Å². The molecule has 0 amide bonds. The first-order valence-electron chi connectivity index (χ1n) is 10.4. The number of methoxy groups -OCH3 is 1. The Morgan fingerprint density at radius 2 is 1.79 bits per heavy atom. The molecular weight excluding hydrogens is 434 g/mol. The third-order valence-corrected chi connectivity index (χ3v) is 5.30. The normalized spacial score (nSPS) is 11.0. The molecule has 0 saturated carbocycles. The van der Waals surface area contributed by atoms with Crippen LogP contribution < -0.4 is 14.4 Å². The third kappa shape index (κ3) is 5.30. The van der Waals surface area contributed by atoms with Crippen molar-refractivity contribution in [3.8, 4) is 22.9 Å². The van der Waals surface area contributed by atoms with E-state index >= 15 is 0 Å². The van der Waals surface area contributed by atoms with Gasteiger partial charge in [-0.2, -0.15) is 14.9 Å². The van der Waals surface area contributed by atoms with Crippen LogP contribution in [0.5, 0.6) is 11.5 Å². The van der Waals surface area contributed by atoms with Crippen molar-refractivity contribution in [3.63, 3.8) is 0 Å². The average Bonchev–Trinajstić information content (AvgIpc) is 3.22. The zero-order valence-corrected chi connectivity index (χ0v) is 19.5. The van der Waals surface area contributed by atoms with E-state index in [2.05, 4.69) is 15.3 Å². The van der Waals surface area contributed by atoms with Crippen LogP contribution in [-0.4, -0.2) is 42.3 Å². The van der Waals surface area contributed by atoms with Gasteiger partial charge in [0.2, 0.25) is 4.77 Å². The molecule has 0 bridgehead atoms. The van der Waals surface area contributed by atoms with Crippen LogP contribution in [0.2, 0.25) is 0 Å². The number of aromatic amines is 1. The largest absolute Gasteiger partial charge is 0.493 e. The summed E-state index contributed by atoms with van der Waals surface area (Å²) >= 11 is 5.38. The molecule has 0 radical (unpaired) electrons. The molecule has 0 atom stereocenters. The monoisotopic (exact) mass is 459 g/mol. The quantitative estimate of drug-likeness (QED) is 0.292. The molecule has 7 nitrogen and oxygen atoms in total. The van der Waals surface area contributed by atoms with Gasteiger partial charge in [0, 0.05) is 25.3 Å². The van der Waals surface area contributed by atoms with E-state index in [1.54, 1.807) is 18.0 Å². The number of nitrogens with one attached hydrogen (secondary N) is 1.